The lowest BCUT2D eigenvalue weighted by atomic mass is 10.1. The number of carbonyl (C=O) groups is 5. The Bertz CT molecular complexity index is 1620. The van der Waals surface area contributed by atoms with Crippen molar-refractivity contribution in [2.24, 2.45) is 0 Å². The number of phosphoric acid groups is 1. The van der Waals surface area contributed by atoms with Crippen molar-refractivity contribution in [3.05, 3.63) is 24.3 Å². The first kappa shape index (κ1) is 76.7. The number of hydrogen-bond acceptors (Lipinski definition) is 11. The summed E-state index contributed by atoms with van der Waals surface area (Å²) >= 11 is 0. The highest BCUT2D eigenvalue weighted by atomic mass is 31.2. The molecular formula is C64H120N3O12P. The molecule has 3 amide bonds. The third-order valence-corrected chi connectivity index (χ3v) is 14.8. The van der Waals surface area contributed by atoms with E-state index in [9.17, 15) is 33.4 Å². The van der Waals surface area contributed by atoms with Gasteiger partial charge in [-0.2, -0.15) is 0 Å². The lowest BCUT2D eigenvalue weighted by molar-refractivity contribution is -0.161. The fourth-order valence-corrected chi connectivity index (χ4v) is 9.74. The predicted octanol–water partition coefficient (Wildman–Crippen LogP) is 16.8. The molecule has 16 heteroatoms. The lowest BCUT2D eigenvalue weighted by Crippen LogP contribution is -2.39. The SMILES string of the molecule is CCCCCCCC/C=C\CCCCCCCC(=O)OCC(COP(=O)(O)OCCNC(=O)CCCCC(=O)NCCCN(CCCCCCCCC)C(=O)OC(C)(C)C)OC(=O)CCCCCCC/C=C\CCCCCCCC. The maximum atomic E-state index is 12.9. The Morgan fingerprint density at radius 2 is 0.863 bits per heavy atom. The number of nitrogens with one attached hydrogen (secondary N) is 2. The van der Waals surface area contributed by atoms with Crippen molar-refractivity contribution in [3.63, 3.8) is 0 Å². The van der Waals surface area contributed by atoms with Gasteiger partial charge in [-0.05, 0) is 111 Å². The predicted molar refractivity (Wildman–Crippen MR) is 326 cm³/mol. The van der Waals surface area contributed by atoms with Crippen LogP contribution in [-0.4, -0.2) is 97.3 Å². The summed E-state index contributed by atoms with van der Waals surface area (Å²) in [5.74, 6) is -1.37. The smallest absolute Gasteiger partial charge is 0.462 e. The molecular weight excluding hydrogens is 1030 g/mol. The minimum Gasteiger partial charge on any atom is -0.462 e. The van der Waals surface area contributed by atoms with Crippen molar-refractivity contribution in [1.29, 1.82) is 0 Å². The standard InChI is InChI=1S/C64H120N3O12P/c1-7-10-13-16-19-21-23-25-27-29-31-33-35-38-41-49-61(70)75-56-58(78-62(71)50-42-39-36-34-32-30-28-26-24-22-20-17-14-11-8-2)57-77-80(73,74)76-55-52-66-60(69)48-44-43-47-59(68)65-51-46-54-67(63(72)79-64(4,5)6)53-45-40-37-18-15-12-9-3/h25-28,58H,7-24,29-57H2,1-6H3,(H,65,68)(H,66,69)(H,73,74)/b27-25-,28-26-. The highest BCUT2D eigenvalue weighted by Gasteiger charge is 2.27. The van der Waals surface area contributed by atoms with Crippen molar-refractivity contribution in [1.82, 2.24) is 15.5 Å². The zero-order chi connectivity index (χ0) is 59.1. The number of nitrogens with zero attached hydrogens (tertiary/aromatic N) is 1. The van der Waals surface area contributed by atoms with Gasteiger partial charge in [0.2, 0.25) is 11.8 Å². The number of allylic oxidation sites excluding steroid dienone is 4. The molecule has 0 rings (SSSR count). The van der Waals surface area contributed by atoms with E-state index < -0.39 is 38.1 Å². The van der Waals surface area contributed by atoms with Crippen LogP contribution in [0.5, 0.6) is 0 Å². The van der Waals surface area contributed by atoms with Gasteiger partial charge in [0.25, 0.3) is 0 Å². The summed E-state index contributed by atoms with van der Waals surface area (Å²) in [6, 6.07) is 0. The fourth-order valence-electron chi connectivity index (χ4n) is 8.99. The molecule has 0 aliphatic heterocycles. The molecule has 0 aliphatic carbocycles. The Morgan fingerprint density at radius 3 is 1.32 bits per heavy atom. The van der Waals surface area contributed by atoms with E-state index in [-0.39, 0.29) is 63.3 Å². The molecule has 3 N–H and O–H groups in total. The molecule has 80 heavy (non-hydrogen) atoms. The number of phosphoric ester groups is 1. The van der Waals surface area contributed by atoms with Crippen LogP contribution in [0.2, 0.25) is 0 Å². The van der Waals surface area contributed by atoms with Crippen LogP contribution in [0.25, 0.3) is 0 Å². The quantitative estimate of drug-likeness (QED) is 0.0172. The Morgan fingerprint density at radius 1 is 0.475 bits per heavy atom. The Balaban J connectivity index is 4.74. The topological polar surface area (TPSA) is 196 Å². The van der Waals surface area contributed by atoms with E-state index in [1.165, 1.54) is 103 Å². The van der Waals surface area contributed by atoms with Gasteiger partial charge in [-0.15, -0.1) is 0 Å². The molecule has 0 aliphatic rings. The molecule has 0 aromatic heterocycles. The summed E-state index contributed by atoms with van der Waals surface area (Å²) in [6.07, 6.45) is 47.8. The maximum Gasteiger partial charge on any atom is 0.472 e. The number of amides is 3. The van der Waals surface area contributed by atoms with Crippen LogP contribution >= 0.6 is 7.82 Å². The van der Waals surface area contributed by atoms with Crippen LogP contribution in [0.3, 0.4) is 0 Å². The molecule has 0 heterocycles. The van der Waals surface area contributed by atoms with Crippen LogP contribution in [0, 0.1) is 0 Å². The fraction of sp³-hybridized carbons (Fsp3) is 0.859. The second-order valence-electron chi connectivity index (χ2n) is 22.9. The van der Waals surface area contributed by atoms with Crippen LogP contribution in [0.4, 0.5) is 4.79 Å². The van der Waals surface area contributed by atoms with E-state index >= 15 is 0 Å². The number of unbranched alkanes of at least 4 members (excludes halogenated alkanes) is 29. The van der Waals surface area contributed by atoms with E-state index in [0.29, 0.717) is 51.7 Å². The molecule has 2 atom stereocenters. The number of ether oxygens (including phenoxy) is 3. The van der Waals surface area contributed by atoms with Gasteiger partial charge in [-0.3, -0.25) is 28.2 Å². The first-order valence-electron chi connectivity index (χ1n) is 32.4. The first-order valence-corrected chi connectivity index (χ1v) is 33.9. The van der Waals surface area contributed by atoms with Crippen molar-refractivity contribution >= 4 is 37.7 Å². The molecule has 468 valence electrons. The van der Waals surface area contributed by atoms with E-state index in [2.05, 4.69) is 55.7 Å². The number of rotatable bonds is 57. The van der Waals surface area contributed by atoms with Crippen molar-refractivity contribution in [2.45, 2.75) is 310 Å². The van der Waals surface area contributed by atoms with Crippen LogP contribution in [-0.2, 0) is 47.0 Å². The second-order valence-corrected chi connectivity index (χ2v) is 24.4. The van der Waals surface area contributed by atoms with Gasteiger partial charge in [0.05, 0.1) is 13.2 Å². The molecule has 0 radical (unpaired) electrons. The molecule has 0 bridgehead atoms. The Hall–Kier alpha value is -3.26. The van der Waals surface area contributed by atoms with E-state index in [1.54, 1.807) is 4.90 Å². The summed E-state index contributed by atoms with van der Waals surface area (Å²) in [5, 5.41) is 5.55. The molecule has 0 saturated carbocycles. The van der Waals surface area contributed by atoms with E-state index in [1.807, 2.05) is 20.8 Å². The molecule has 15 nitrogen and oxygen atoms in total. The van der Waals surface area contributed by atoms with Gasteiger partial charge in [0.1, 0.15) is 12.2 Å². The van der Waals surface area contributed by atoms with Gasteiger partial charge >= 0.3 is 25.9 Å². The maximum absolute atomic E-state index is 12.9. The summed E-state index contributed by atoms with van der Waals surface area (Å²) in [5.41, 5.74) is -0.591. The number of carbonyl (C=O) groups excluding carboxylic acids is 5. The minimum atomic E-state index is -4.64. The molecule has 2 unspecified atom stereocenters. The van der Waals surface area contributed by atoms with Gasteiger partial charge in [-0.1, -0.05) is 186 Å². The highest BCUT2D eigenvalue weighted by Crippen LogP contribution is 2.43. The zero-order valence-corrected chi connectivity index (χ0v) is 52.8. The average Bonchev–Trinajstić information content (AvgIpc) is 3.41. The number of esters is 2. The van der Waals surface area contributed by atoms with Crippen LogP contribution in [0.1, 0.15) is 298 Å². The first-order chi connectivity index (χ1) is 38.6. The van der Waals surface area contributed by atoms with Crippen molar-refractivity contribution in [3.8, 4) is 0 Å². The summed E-state index contributed by atoms with van der Waals surface area (Å²) in [6.45, 7) is 12.5. The lowest BCUT2D eigenvalue weighted by Gasteiger charge is -2.27. The zero-order valence-electron chi connectivity index (χ0n) is 52.0. The largest absolute Gasteiger partial charge is 0.472 e. The highest BCUT2D eigenvalue weighted by molar-refractivity contribution is 7.47. The van der Waals surface area contributed by atoms with Crippen LogP contribution in [0.15, 0.2) is 24.3 Å². The average molecular weight is 1150 g/mol. The third-order valence-electron chi connectivity index (χ3n) is 13.8. The minimum absolute atomic E-state index is 0.0607. The molecule has 0 fully saturated rings. The van der Waals surface area contributed by atoms with Gasteiger partial charge in [-0.25, -0.2) is 9.36 Å². The van der Waals surface area contributed by atoms with Crippen LogP contribution < -0.4 is 10.6 Å². The molecule has 0 aromatic carbocycles. The van der Waals surface area contributed by atoms with Gasteiger partial charge in [0, 0.05) is 51.9 Å². The molecule has 0 spiro atoms. The summed E-state index contributed by atoms with van der Waals surface area (Å²) in [4.78, 5) is 75.6. The normalized spacial score (nSPS) is 12.9. The Labute approximate surface area is 488 Å². The van der Waals surface area contributed by atoms with Gasteiger partial charge < -0.3 is 34.6 Å². The summed E-state index contributed by atoms with van der Waals surface area (Å²) in [7, 11) is -4.64. The molecule has 0 aromatic rings. The van der Waals surface area contributed by atoms with Crippen molar-refractivity contribution in [2.75, 3.05) is 46.0 Å². The monoisotopic (exact) mass is 1150 g/mol. The second kappa shape index (κ2) is 55.0. The molecule has 0 saturated heterocycles. The van der Waals surface area contributed by atoms with E-state index in [4.69, 9.17) is 23.3 Å². The van der Waals surface area contributed by atoms with E-state index in [0.717, 1.165) is 96.3 Å². The third kappa shape index (κ3) is 55.3. The summed E-state index contributed by atoms with van der Waals surface area (Å²) < 4.78 is 39.8. The Kier molecular flexibility index (Phi) is 52.7. The van der Waals surface area contributed by atoms with Crippen molar-refractivity contribution < 1.29 is 56.7 Å². The number of hydrogen-bond donors (Lipinski definition) is 3. The van der Waals surface area contributed by atoms with Gasteiger partial charge in [0.15, 0.2) is 6.10 Å².